The molecular formula is C20H14F3N3O4S. The number of anilines is 1. The highest BCUT2D eigenvalue weighted by atomic mass is 32.2. The van der Waals surface area contributed by atoms with Crippen LogP contribution in [-0.2, 0) is 15.0 Å². The van der Waals surface area contributed by atoms with Gasteiger partial charge in [0, 0.05) is 28.4 Å². The Kier molecular flexibility index (Phi) is 4.14. The molecule has 1 aromatic carbocycles. The Morgan fingerprint density at radius 2 is 2.10 bits per heavy atom. The molecule has 11 heteroatoms. The van der Waals surface area contributed by atoms with Gasteiger partial charge in [0.15, 0.2) is 11.5 Å². The lowest BCUT2D eigenvalue weighted by Gasteiger charge is -2.35. The van der Waals surface area contributed by atoms with Gasteiger partial charge in [-0.05, 0) is 30.6 Å². The summed E-state index contributed by atoms with van der Waals surface area (Å²) in [5.74, 6) is -2.51. The zero-order valence-corrected chi connectivity index (χ0v) is 16.5. The molecule has 1 saturated heterocycles. The van der Waals surface area contributed by atoms with Gasteiger partial charge in [-0.1, -0.05) is 6.08 Å². The van der Waals surface area contributed by atoms with Crippen molar-refractivity contribution in [1.29, 1.82) is 0 Å². The van der Waals surface area contributed by atoms with Gasteiger partial charge in [-0.3, -0.25) is 14.8 Å². The molecule has 4 heterocycles. The molecule has 1 fully saturated rings. The number of nitrogens with zero attached hydrogens (tertiary/aromatic N) is 2. The number of phenols is 1. The Hall–Kier alpha value is -3.08. The van der Waals surface area contributed by atoms with Crippen molar-refractivity contribution in [3.05, 3.63) is 39.3 Å². The summed E-state index contributed by atoms with van der Waals surface area (Å²) in [7, 11) is 0. The van der Waals surface area contributed by atoms with Gasteiger partial charge in [0.2, 0.25) is 0 Å². The number of hydrogen-bond acceptors (Lipinski definition) is 7. The van der Waals surface area contributed by atoms with Crippen LogP contribution in [0.4, 0.5) is 24.5 Å². The SMILES string of the molecule is O=C(O)C(F)(F)F.O=C1C=CC23CC(Nc4c(O)c5c6c(c42)=NCCC=6C=N5)SC3=C1. The number of carbonyl (C=O) groups excluding carboxylic acids is 1. The average Bonchev–Trinajstić information content (AvgIpc) is 3.25. The van der Waals surface area contributed by atoms with Crippen LogP contribution in [0.2, 0.25) is 0 Å². The van der Waals surface area contributed by atoms with E-state index in [9.17, 15) is 23.1 Å². The normalized spacial score (nSPS) is 26.0. The molecule has 4 aliphatic heterocycles. The van der Waals surface area contributed by atoms with Crippen LogP contribution >= 0.6 is 11.8 Å². The van der Waals surface area contributed by atoms with E-state index in [0.717, 1.165) is 51.7 Å². The minimum Gasteiger partial charge on any atom is -0.504 e. The van der Waals surface area contributed by atoms with E-state index in [2.05, 4.69) is 10.3 Å². The van der Waals surface area contributed by atoms with Crippen molar-refractivity contribution < 1.29 is 33.0 Å². The number of carbonyl (C=O) groups is 2. The molecule has 1 aromatic rings. The molecule has 0 radical (unpaired) electrons. The summed E-state index contributed by atoms with van der Waals surface area (Å²) in [5, 5.41) is 23.5. The smallest absolute Gasteiger partial charge is 0.490 e. The molecule has 6 rings (SSSR count). The molecule has 31 heavy (non-hydrogen) atoms. The first kappa shape index (κ1) is 19.9. The van der Waals surface area contributed by atoms with Crippen LogP contribution in [0.5, 0.6) is 5.75 Å². The van der Waals surface area contributed by atoms with Gasteiger partial charge < -0.3 is 15.5 Å². The number of nitrogens with one attached hydrogen (secondary N) is 1. The summed E-state index contributed by atoms with van der Waals surface area (Å²) in [6.45, 7) is 0.735. The molecule has 0 aromatic heterocycles. The predicted octanol–water partition coefficient (Wildman–Crippen LogP) is 2.06. The number of carboxylic acid groups (broad SMARTS) is 1. The maximum Gasteiger partial charge on any atom is 0.490 e. The molecule has 0 saturated carbocycles. The summed E-state index contributed by atoms with van der Waals surface area (Å²) in [6.07, 6.45) is 3.91. The zero-order valence-electron chi connectivity index (χ0n) is 15.7. The van der Waals surface area contributed by atoms with Crippen molar-refractivity contribution >= 4 is 46.7 Å². The van der Waals surface area contributed by atoms with Crippen molar-refractivity contribution in [2.45, 2.75) is 29.8 Å². The standard InChI is InChI=1S/C18H13N3O2S.C2HF3O2/c22-9-1-3-18-6-11(24-10(18)5-9)21-16-13(18)14-12-8(2-4-19-14)7-20-15(12)17(16)23;3-2(4,5)1(6)7/h1,3,5,7,11,21,23H,2,4,6H2;(H,6,7). The zero-order chi connectivity index (χ0) is 22.1. The van der Waals surface area contributed by atoms with Gasteiger partial charge in [0.25, 0.3) is 0 Å². The molecule has 1 spiro atoms. The van der Waals surface area contributed by atoms with Crippen LogP contribution in [-0.4, -0.2) is 46.3 Å². The van der Waals surface area contributed by atoms with Gasteiger partial charge in [0.1, 0.15) is 5.69 Å². The minimum atomic E-state index is -5.08. The third-order valence-electron chi connectivity index (χ3n) is 5.76. The molecule has 3 N–H and O–H groups in total. The highest BCUT2D eigenvalue weighted by Gasteiger charge is 2.52. The van der Waals surface area contributed by atoms with Crippen LogP contribution in [0.15, 0.2) is 33.1 Å². The fraction of sp³-hybridized carbons (Fsp3) is 0.300. The number of thioether (sulfide) groups is 1. The summed E-state index contributed by atoms with van der Waals surface area (Å²) >= 11 is 1.68. The number of halogens is 3. The number of carboxylic acids is 1. The van der Waals surface area contributed by atoms with Crippen LogP contribution < -0.4 is 15.9 Å². The number of allylic oxidation sites excluding steroid dienone is 4. The second-order valence-corrected chi connectivity index (χ2v) is 8.80. The first-order valence-corrected chi connectivity index (χ1v) is 10.2. The third-order valence-corrected chi connectivity index (χ3v) is 7.06. The first-order valence-electron chi connectivity index (χ1n) is 9.31. The number of alkyl halides is 3. The number of phenolic OH excluding ortho intramolecular Hbond substituents is 1. The van der Waals surface area contributed by atoms with Crippen LogP contribution in [0.3, 0.4) is 0 Å². The molecule has 2 bridgehead atoms. The second kappa shape index (κ2) is 6.46. The summed E-state index contributed by atoms with van der Waals surface area (Å²) in [5.41, 5.74) is 3.19. The van der Waals surface area contributed by atoms with Gasteiger partial charge >= 0.3 is 12.1 Å². The lowest BCUT2D eigenvalue weighted by atomic mass is 9.71. The van der Waals surface area contributed by atoms with Crippen LogP contribution in [0.25, 0.3) is 5.57 Å². The highest BCUT2D eigenvalue weighted by Crippen LogP contribution is 2.60. The number of fused-ring (bicyclic) bond motifs is 3. The van der Waals surface area contributed by atoms with Crippen molar-refractivity contribution in [2.75, 3.05) is 11.9 Å². The first-order chi connectivity index (χ1) is 14.6. The van der Waals surface area contributed by atoms with E-state index in [-0.39, 0.29) is 22.3 Å². The molecule has 2 atom stereocenters. The Bertz CT molecular complexity index is 1280. The van der Waals surface area contributed by atoms with Gasteiger partial charge in [0.05, 0.1) is 21.8 Å². The molecular weight excluding hydrogens is 435 g/mol. The Labute approximate surface area is 176 Å². The lowest BCUT2D eigenvalue weighted by molar-refractivity contribution is -0.192. The third kappa shape index (κ3) is 2.83. The number of aromatic hydroxyl groups is 1. The maximum atomic E-state index is 11.9. The van der Waals surface area contributed by atoms with E-state index in [1.165, 1.54) is 0 Å². The summed E-state index contributed by atoms with van der Waals surface area (Å²) in [4.78, 5) is 31.1. The fourth-order valence-electron chi connectivity index (χ4n) is 4.52. The largest absolute Gasteiger partial charge is 0.504 e. The van der Waals surface area contributed by atoms with Gasteiger partial charge in [-0.2, -0.15) is 13.2 Å². The van der Waals surface area contributed by atoms with E-state index in [1.807, 2.05) is 12.3 Å². The van der Waals surface area contributed by atoms with Crippen molar-refractivity contribution in [3.63, 3.8) is 0 Å². The van der Waals surface area contributed by atoms with Crippen molar-refractivity contribution in [1.82, 2.24) is 0 Å². The van der Waals surface area contributed by atoms with Gasteiger partial charge in [-0.25, -0.2) is 4.79 Å². The summed E-state index contributed by atoms with van der Waals surface area (Å²) in [6, 6.07) is 0. The maximum absolute atomic E-state index is 11.9. The monoisotopic (exact) mass is 449 g/mol. The van der Waals surface area contributed by atoms with Crippen LogP contribution in [0.1, 0.15) is 18.4 Å². The topological polar surface area (TPSA) is 111 Å². The fourth-order valence-corrected chi connectivity index (χ4v) is 5.99. The molecule has 160 valence electrons. The number of rotatable bonds is 0. The lowest BCUT2D eigenvalue weighted by Crippen LogP contribution is -2.44. The van der Waals surface area contributed by atoms with E-state index < -0.39 is 12.1 Å². The minimum absolute atomic E-state index is 0.0313. The van der Waals surface area contributed by atoms with Crippen molar-refractivity contribution in [2.24, 2.45) is 9.98 Å². The molecule has 1 aliphatic carbocycles. The van der Waals surface area contributed by atoms with E-state index in [1.54, 1.807) is 23.9 Å². The second-order valence-electron chi connectivity index (χ2n) is 7.56. The quantitative estimate of drug-likeness (QED) is 0.523. The van der Waals surface area contributed by atoms with E-state index in [4.69, 9.17) is 14.9 Å². The molecule has 2 unspecified atom stereocenters. The van der Waals surface area contributed by atoms with E-state index >= 15 is 0 Å². The highest BCUT2D eigenvalue weighted by molar-refractivity contribution is 8.04. The van der Waals surface area contributed by atoms with Crippen molar-refractivity contribution in [3.8, 4) is 5.75 Å². The number of ketones is 1. The Morgan fingerprint density at radius 1 is 1.35 bits per heavy atom. The Balaban J connectivity index is 0.000000256. The van der Waals surface area contributed by atoms with E-state index in [0.29, 0.717) is 5.69 Å². The number of aliphatic carboxylic acids is 1. The molecule has 5 aliphatic rings. The van der Waals surface area contributed by atoms with Gasteiger partial charge in [-0.15, -0.1) is 11.8 Å². The predicted molar refractivity (Wildman–Crippen MR) is 107 cm³/mol. The summed E-state index contributed by atoms with van der Waals surface area (Å²) < 4.78 is 31.7. The molecule has 7 nitrogen and oxygen atoms in total. The number of benzene rings is 1. The number of hydrogen-bond donors (Lipinski definition) is 3. The number of aliphatic imine (C=N–C) groups is 1. The van der Waals surface area contributed by atoms with Crippen LogP contribution in [0, 0.1) is 0 Å². The average molecular weight is 449 g/mol. The molecule has 0 amide bonds. The Morgan fingerprint density at radius 3 is 2.81 bits per heavy atom.